The van der Waals surface area contributed by atoms with Crippen LogP contribution >= 0.6 is 0 Å². The second-order valence-electron chi connectivity index (χ2n) is 0. The van der Waals surface area contributed by atoms with Gasteiger partial charge in [0.05, 0.1) is 0 Å². The molecule has 0 aliphatic carbocycles. The van der Waals surface area contributed by atoms with E-state index in [1.807, 2.05) is 0 Å². The first-order valence-electron chi connectivity index (χ1n) is 0. The Kier molecular flexibility index (Phi) is 854. The maximum Gasteiger partial charge on any atom is 3.00 e. The van der Waals surface area contributed by atoms with Crippen molar-refractivity contribution in [2.75, 3.05) is 0 Å². The average Bonchev–Trinajstić information content (AvgIpc) is 0. The molecule has 0 aromatic heterocycles. The third kappa shape index (κ3) is 49.8. The fourth-order valence-electron chi connectivity index (χ4n) is 0. The number of rotatable bonds is 0. The molecule has 0 saturated carbocycles. The van der Waals surface area contributed by atoms with Gasteiger partial charge in [0.25, 0.3) is 0 Å². The standard InChI is InChI=1S/5ClH.In.Zn/h5*1H;;/q;;;;;+3;+2/p-5. The summed E-state index contributed by atoms with van der Waals surface area (Å²) in [6.45, 7) is 0. The van der Waals surface area contributed by atoms with Gasteiger partial charge in [0.1, 0.15) is 0 Å². The number of halogens is 5. The molecule has 40 valence electrons. The van der Waals surface area contributed by atoms with Gasteiger partial charge in [0.2, 0.25) is 0 Å². The van der Waals surface area contributed by atoms with Crippen molar-refractivity contribution in [2.24, 2.45) is 0 Å². The summed E-state index contributed by atoms with van der Waals surface area (Å²) in [5.74, 6) is 0. The molecule has 0 bridgehead atoms. The first kappa shape index (κ1) is 91.8. The molecule has 0 unspecified atom stereocenters. The molecule has 0 nitrogen and oxygen atoms in total. The van der Waals surface area contributed by atoms with Gasteiger partial charge in [-0.15, -0.1) is 0 Å². The van der Waals surface area contributed by atoms with Crippen LogP contribution in [0.25, 0.3) is 0 Å². The molecule has 0 atom stereocenters. The normalized spacial score (nSPS) is 0. The first-order valence-corrected chi connectivity index (χ1v) is 0. The zero-order valence-electron chi connectivity index (χ0n) is 3.17. The minimum atomic E-state index is 0. The van der Waals surface area contributed by atoms with E-state index in [4.69, 9.17) is 0 Å². The minimum absolute atomic E-state index is 0. The first-order chi connectivity index (χ1) is 0. The van der Waals surface area contributed by atoms with Crippen LogP contribution in [0.4, 0.5) is 0 Å². The zero-order valence-corrected chi connectivity index (χ0v) is 13.2. The molecule has 0 amide bonds. The molecule has 0 aromatic rings. The Labute approximate surface area is 106 Å². The molecule has 7 heteroatoms. The van der Waals surface area contributed by atoms with Gasteiger partial charge in [-0.2, -0.15) is 0 Å². The molecule has 0 spiro atoms. The van der Waals surface area contributed by atoms with E-state index in [0.29, 0.717) is 0 Å². The topological polar surface area (TPSA) is 0 Å². The molecule has 0 aliphatic heterocycles. The number of hydrogen-bond donors (Lipinski definition) is 0. The van der Waals surface area contributed by atoms with E-state index in [9.17, 15) is 0 Å². The molecular formula is Cl5InZn. The van der Waals surface area contributed by atoms with E-state index in [-0.39, 0.29) is 107 Å². The molecule has 0 saturated heterocycles. The maximum atomic E-state index is 0. The second kappa shape index (κ2) is 65.1. The van der Waals surface area contributed by atoms with Crippen LogP contribution in [0.3, 0.4) is 0 Å². The second-order valence-corrected chi connectivity index (χ2v) is 0. The number of hydrogen-bond acceptors (Lipinski definition) is 0. The average molecular weight is 357 g/mol. The molecular weight excluding hydrogens is 357 g/mol. The van der Waals surface area contributed by atoms with Crippen LogP contribution < -0.4 is 62.0 Å². The summed E-state index contributed by atoms with van der Waals surface area (Å²) in [5, 5.41) is 0. The van der Waals surface area contributed by atoms with E-state index >= 15 is 0 Å². The van der Waals surface area contributed by atoms with Gasteiger partial charge >= 0.3 is 45.3 Å². The Bertz CT molecular complexity index is 8.04. The van der Waals surface area contributed by atoms with Gasteiger partial charge in [-0.3, -0.25) is 0 Å². The van der Waals surface area contributed by atoms with E-state index in [1.165, 1.54) is 0 Å². The fourth-order valence-corrected chi connectivity index (χ4v) is 0. The summed E-state index contributed by atoms with van der Waals surface area (Å²) in [7, 11) is 0. The largest absolute Gasteiger partial charge is 3.00 e. The van der Waals surface area contributed by atoms with Crippen LogP contribution in [0, 0.1) is 0 Å². The quantitative estimate of drug-likeness (QED) is 0.378. The molecule has 0 aromatic carbocycles. The van der Waals surface area contributed by atoms with Crippen LogP contribution in [0.15, 0.2) is 0 Å². The molecule has 0 rings (SSSR count). The van der Waals surface area contributed by atoms with Gasteiger partial charge in [0.15, 0.2) is 0 Å². The van der Waals surface area contributed by atoms with E-state index in [1.54, 1.807) is 0 Å². The van der Waals surface area contributed by atoms with Crippen molar-refractivity contribution in [3.8, 4) is 0 Å². The van der Waals surface area contributed by atoms with E-state index < -0.39 is 0 Å². The van der Waals surface area contributed by atoms with Crippen LogP contribution in [0.5, 0.6) is 0 Å². The predicted molar refractivity (Wildman–Crippen MR) is 5.75 cm³/mol. The van der Waals surface area contributed by atoms with Gasteiger partial charge in [-0.25, -0.2) is 0 Å². The molecule has 7 heavy (non-hydrogen) atoms. The van der Waals surface area contributed by atoms with Crippen LogP contribution in [-0.4, -0.2) is 25.8 Å². The van der Waals surface area contributed by atoms with Crippen molar-refractivity contribution in [1.29, 1.82) is 0 Å². The molecule has 0 fully saturated rings. The van der Waals surface area contributed by atoms with Crippen molar-refractivity contribution in [2.45, 2.75) is 0 Å². The van der Waals surface area contributed by atoms with Crippen molar-refractivity contribution in [1.82, 2.24) is 0 Å². The van der Waals surface area contributed by atoms with Crippen LogP contribution in [0.2, 0.25) is 0 Å². The van der Waals surface area contributed by atoms with Crippen molar-refractivity contribution in [3.63, 3.8) is 0 Å². The maximum absolute atomic E-state index is 0. The summed E-state index contributed by atoms with van der Waals surface area (Å²) in [6, 6.07) is 0. The Balaban J connectivity index is 0. The van der Waals surface area contributed by atoms with Crippen LogP contribution in [-0.2, 0) is 19.5 Å². The summed E-state index contributed by atoms with van der Waals surface area (Å²) in [4.78, 5) is 0. The molecule has 0 aliphatic rings. The molecule has 0 radical (unpaired) electrons. The van der Waals surface area contributed by atoms with Gasteiger partial charge in [0, 0.05) is 0 Å². The molecule has 0 N–H and O–H groups in total. The fraction of sp³-hybridized carbons (Fsp3) is 0. The van der Waals surface area contributed by atoms with Gasteiger partial charge in [-0.1, -0.05) is 0 Å². The Morgan fingerprint density at radius 1 is 0.429 bits per heavy atom. The molecule has 0 heterocycles. The summed E-state index contributed by atoms with van der Waals surface area (Å²) < 4.78 is 0. The van der Waals surface area contributed by atoms with Crippen LogP contribution in [0.1, 0.15) is 0 Å². The Morgan fingerprint density at radius 3 is 0.429 bits per heavy atom. The van der Waals surface area contributed by atoms with Gasteiger partial charge in [-0.05, 0) is 0 Å². The SMILES string of the molecule is [Cl-].[Cl-].[Cl-].[Cl-].[Cl-].[In+3].[Zn+2]. The zero-order chi connectivity index (χ0) is 0. The van der Waals surface area contributed by atoms with E-state index in [2.05, 4.69) is 0 Å². The summed E-state index contributed by atoms with van der Waals surface area (Å²) in [5.41, 5.74) is 0. The summed E-state index contributed by atoms with van der Waals surface area (Å²) >= 11 is 0. The Hall–Kier alpha value is 2.94. The van der Waals surface area contributed by atoms with Gasteiger partial charge < -0.3 is 62.0 Å². The predicted octanol–water partition coefficient (Wildman–Crippen LogP) is -15.4. The third-order valence-electron chi connectivity index (χ3n) is 0. The van der Waals surface area contributed by atoms with Crippen molar-refractivity contribution in [3.05, 3.63) is 0 Å². The third-order valence-corrected chi connectivity index (χ3v) is 0. The van der Waals surface area contributed by atoms with Crippen molar-refractivity contribution >= 4 is 25.8 Å². The smallest absolute Gasteiger partial charge is 1.00 e. The summed E-state index contributed by atoms with van der Waals surface area (Å²) in [6.07, 6.45) is 0. The monoisotopic (exact) mass is 354 g/mol. The van der Waals surface area contributed by atoms with E-state index in [0.717, 1.165) is 0 Å². The van der Waals surface area contributed by atoms with Crippen molar-refractivity contribution < 1.29 is 81.5 Å². The Morgan fingerprint density at radius 2 is 0.429 bits per heavy atom. The minimum Gasteiger partial charge on any atom is -1.00 e.